The van der Waals surface area contributed by atoms with E-state index in [-0.39, 0.29) is 17.8 Å². The molecule has 0 aromatic carbocycles. The van der Waals surface area contributed by atoms with E-state index in [0.29, 0.717) is 5.25 Å². The predicted octanol–water partition coefficient (Wildman–Crippen LogP) is 2.06. The average Bonchev–Trinajstić information content (AvgIpc) is 2.14. The second-order valence-corrected chi connectivity index (χ2v) is 6.06. The van der Waals surface area contributed by atoms with Crippen molar-refractivity contribution in [2.24, 2.45) is 0 Å². The molecule has 1 aliphatic heterocycles. The zero-order valence-electron chi connectivity index (χ0n) is 8.96. The number of thioether (sulfide) groups is 1. The highest BCUT2D eigenvalue weighted by Gasteiger charge is 2.45. The smallest absolute Gasteiger partial charge is 0.0752 e. The van der Waals surface area contributed by atoms with E-state index < -0.39 is 0 Å². The first-order valence-corrected chi connectivity index (χ1v) is 5.85. The van der Waals surface area contributed by atoms with Crippen molar-refractivity contribution in [1.29, 1.82) is 0 Å². The monoisotopic (exact) mass is 204 g/mol. The molecule has 0 saturated carbocycles. The minimum atomic E-state index is -0.0522. The van der Waals surface area contributed by atoms with Crippen LogP contribution in [0, 0.1) is 0 Å². The molecule has 0 amide bonds. The van der Waals surface area contributed by atoms with Crippen molar-refractivity contribution in [2.45, 2.75) is 50.6 Å². The first-order chi connectivity index (χ1) is 5.87. The van der Waals surface area contributed by atoms with Crippen LogP contribution in [0.4, 0.5) is 0 Å². The van der Waals surface area contributed by atoms with Gasteiger partial charge in [0.05, 0.1) is 17.8 Å². The van der Waals surface area contributed by atoms with Gasteiger partial charge >= 0.3 is 0 Å². The molecule has 13 heavy (non-hydrogen) atoms. The fourth-order valence-corrected chi connectivity index (χ4v) is 3.32. The van der Waals surface area contributed by atoms with Crippen LogP contribution in [0.25, 0.3) is 0 Å². The molecule has 0 spiro atoms. The second kappa shape index (κ2) is 3.79. The van der Waals surface area contributed by atoms with Gasteiger partial charge < -0.3 is 9.84 Å². The number of aliphatic hydroxyl groups is 1. The molecule has 1 atom stereocenters. The molecule has 1 N–H and O–H groups in total. The van der Waals surface area contributed by atoms with Crippen molar-refractivity contribution in [2.75, 3.05) is 12.4 Å². The van der Waals surface area contributed by atoms with Gasteiger partial charge in [0.25, 0.3) is 0 Å². The number of hydrogen-bond donors (Lipinski definition) is 1. The van der Waals surface area contributed by atoms with E-state index in [1.54, 1.807) is 0 Å². The van der Waals surface area contributed by atoms with Crippen LogP contribution >= 0.6 is 11.8 Å². The Hall–Kier alpha value is 0.270. The summed E-state index contributed by atoms with van der Waals surface area (Å²) in [5.41, 5.74) is -0.0556. The molecular weight excluding hydrogens is 184 g/mol. The quantitative estimate of drug-likeness (QED) is 0.763. The van der Waals surface area contributed by atoms with E-state index in [1.165, 1.54) is 0 Å². The molecule has 3 heteroatoms. The normalized spacial score (nSPS) is 30.7. The van der Waals surface area contributed by atoms with Crippen LogP contribution in [0.3, 0.4) is 0 Å². The van der Waals surface area contributed by atoms with Crippen LogP contribution in [0.15, 0.2) is 0 Å². The molecule has 1 unspecified atom stereocenters. The Morgan fingerprint density at radius 1 is 1.38 bits per heavy atom. The average molecular weight is 204 g/mol. The summed E-state index contributed by atoms with van der Waals surface area (Å²) >= 11 is 1.82. The fourth-order valence-electron chi connectivity index (χ4n) is 1.97. The largest absolute Gasteiger partial charge is 0.396 e. The summed E-state index contributed by atoms with van der Waals surface area (Å²) in [5.74, 6) is 0.813. The van der Waals surface area contributed by atoms with E-state index in [1.807, 2.05) is 11.8 Å². The van der Waals surface area contributed by atoms with Crippen molar-refractivity contribution < 1.29 is 9.84 Å². The van der Waals surface area contributed by atoms with E-state index >= 15 is 0 Å². The molecule has 0 aromatic rings. The molecule has 1 rings (SSSR count). The molecule has 0 aliphatic carbocycles. The molecule has 2 nitrogen and oxygen atoms in total. The molecular formula is C10H20O2S. The molecule has 1 fully saturated rings. The third-order valence-electron chi connectivity index (χ3n) is 2.40. The summed E-state index contributed by atoms with van der Waals surface area (Å²) < 4.78 is 5.94. The summed E-state index contributed by atoms with van der Waals surface area (Å²) in [6, 6.07) is 0. The summed E-state index contributed by atoms with van der Waals surface area (Å²) in [7, 11) is 0. The van der Waals surface area contributed by atoms with Gasteiger partial charge in [-0.15, -0.1) is 0 Å². The van der Waals surface area contributed by atoms with Crippen molar-refractivity contribution in [3.05, 3.63) is 0 Å². The summed E-state index contributed by atoms with van der Waals surface area (Å²) in [5, 5.41) is 9.27. The maximum atomic E-state index is 8.77. The van der Waals surface area contributed by atoms with Gasteiger partial charge in [-0.1, -0.05) is 0 Å². The summed E-state index contributed by atoms with van der Waals surface area (Å²) in [4.78, 5) is 0. The highest BCUT2D eigenvalue weighted by molar-refractivity contribution is 8.00. The molecule has 0 aromatic heterocycles. The first kappa shape index (κ1) is 11.3. The van der Waals surface area contributed by atoms with E-state index in [9.17, 15) is 0 Å². The van der Waals surface area contributed by atoms with Crippen LogP contribution in [0.2, 0.25) is 0 Å². The number of hydrogen-bond acceptors (Lipinski definition) is 3. The Morgan fingerprint density at radius 2 is 2.00 bits per heavy atom. The topological polar surface area (TPSA) is 29.5 Å². The van der Waals surface area contributed by atoms with Gasteiger partial charge in [0.2, 0.25) is 0 Å². The Bertz CT molecular complexity index is 178. The Labute approximate surface area is 85.0 Å². The number of rotatable bonds is 3. The van der Waals surface area contributed by atoms with Crippen LogP contribution in [0.1, 0.15) is 34.1 Å². The predicted molar refractivity (Wildman–Crippen MR) is 57.2 cm³/mol. The molecule has 0 radical (unpaired) electrons. The lowest BCUT2D eigenvalue weighted by atomic mass is 10.0. The van der Waals surface area contributed by atoms with E-state index in [0.717, 1.165) is 12.2 Å². The lowest BCUT2D eigenvalue weighted by molar-refractivity contribution is -0.0631. The fraction of sp³-hybridized carbons (Fsp3) is 1.00. The lowest BCUT2D eigenvalue weighted by Crippen LogP contribution is -2.31. The Morgan fingerprint density at radius 3 is 2.38 bits per heavy atom. The highest BCUT2D eigenvalue weighted by atomic mass is 32.2. The van der Waals surface area contributed by atoms with Gasteiger partial charge in [-0.2, -0.15) is 11.8 Å². The molecule has 1 heterocycles. The van der Waals surface area contributed by atoms with E-state index in [2.05, 4.69) is 27.7 Å². The van der Waals surface area contributed by atoms with Gasteiger partial charge in [-0.25, -0.2) is 0 Å². The number of ether oxygens (including phenoxy) is 1. The van der Waals surface area contributed by atoms with Crippen LogP contribution < -0.4 is 0 Å². The summed E-state index contributed by atoms with van der Waals surface area (Å²) in [6.45, 7) is 8.80. The maximum Gasteiger partial charge on any atom is 0.0752 e. The molecule has 1 saturated heterocycles. The third-order valence-corrected chi connectivity index (χ3v) is 3.96. The molecule has 78 valence electrons. The zero-order valence-corrected chi connectivity index (χ0v) is 9.78. The first-order valence-electron chi connectivity index (χ1n) is 4.80. The minimum absolute atomic E-state index is 0.00335. The van der Waals surface area contributed by atoms with Crippen molar-refractivity contribution >= 4 is 11.8 Å². The Kier molecular flexibility index (Phi) is 3.31. The standard InChI is InChI=1S/C10H20O2S/c1-9(2)7-8(13-6-5-11)10(3,4)12-9/h8,11H,5-7H2,1-4H3. The second-order valence-electron chi connectivity index (χ2n) is 4.75. The highest BCUT2D eigenvalue weighted by Crippen LogP contribution is 2.43. The van der Waals surface area contributed by atoms with Crippen molar-refractivity contribution in [3.8, 4) is 0 Å². The minimum Gasteiger partial charge on any atom is -0.396 e. The van der Waals surface area contributed by atoms with Gasteiger partial charge in [0, 0.05) is 11.0 Å². The number of aliphatic hydroxyl groups excluding tert-OH is 1. The van der Waals surface area contributed by atoms with Gasteiger partial charge in [0.15, 0.2) is 0 Å². The SMILES string of the molecule is CC1(C)CC(SCCO)C(C)(C)O1. The molecule has 0 bridgehead atoms. The van der Waals surface area contributed by atoms with Gasteiger partial charge in [-0.05, 0) is 34.1 Å². The van der Waals surface area contributed by atoms with Crippen LogP contribution in [0.5, 0.6) is 0 Å². The van der Waals surface area contributed by atoms with Crippen LogP contribution in [-0.2, 0) is 4.74 Å². The van der Waals surface area contributed by atoms with Crippen molar-refractivity contribution in [3.63, 3.8) is 0 Å². The Balaban J connectivity index is 2.54. The zero-order chi connectivity index (χ0) is 10.1. The summed E-state index contributed by atoms with van der Waals surface area (Å²) in [6.07, 6.45) is 1.07. The van der Waals surface area contributed by atoms with Gasteiger partial charge in [-0.3, -0.25) is 0 Å². The maximum absolute atomic E-state index is 8.77. The van der Waals surface area contributed by atoms with E-state index in [4.69, 9.17) is 9.84 Å². The lowest BCUT2D eigenvalue weighted by Gasteiger charge is -2.26. The van der Waals surface area contributed by atoms with Crippen molar-refractivity contribution in [1.82, 2.24) is 0 Å². The van der Waals surface area contributed by atoms with Crippen LogP contribution in [-0.4, -0.2) is 33.9 Å². The third kappa shape index (κ3) is 2.86. The molecule has 1 aliphatic rings. The van der Waals surface area contributed by atoms with Gasteiger partial charge in [0.1, 0.15) is 0 Å².